The number of rotatable bonds is 16. The van der Waals surface area contributed by atoms with Crippen LogP contribution in [-0.2, 0) is 14.4 Å². The first-order chi connectivity index (χ1) is 69.0. The van der Waals surface area contributed by atoms with Crippen LogP contribution in [0.25, 0.3) is 105 Å². The maximum atomic E-state index is 15.6. The predicted molar refractivity (Wildman–Crippen MR) is 558 cm³/mol. The number of nitrogens with zero attached hydrogens (tertiary/aromatic N) is 13. The normalized spacial score (nSPS) is 17.2. The molecule has 144 heavy (non-hydrogen) atoms. The van der Waals surface area contributed by atoms with Gasteiger partial charge >= 0.3 is 0 Å². The molecule has 0 spiro atoms. The largest absolute Gasteiger partial charge is 0.506 e. The van der Waals surface area contributed by atoms with Crippen LogP contribution in [0, 0.1) is 59.0 Å². The van der Waals surface area contributed by atoms with E-state index >= 15 is 22.8 Å². The Morgan fingerprint density at radius 2 is 0.736 bits per heavy atom. The molecule has 3 amide bonds. The molecule has 26 nitrogen and oxygen atoms in total. The van der Waals surface area contributed by atoms with E-state index in [9.17, 15) is 34.5 Å². The number of para-hydroxylation sites is 3. The Kier molecular flexibility index (Phi) is 26.8. The molecule has 3 saturated heterocycles. The number of piperazine rings is 3. The van der Waals surface area contributed by atoms with E-state index in [0.29, 0.717) is 166 Å². The molecule has 7 aromatic carbocycles. The third-order valence-corrected chi connectivity index (χ3v) is 28.6. The van der Waals surface area contributed by atoms with Gasteiger partial charge in [-0.2, -0.15) is 0 Å². The smallest absolute Gasteiger partial charge is 0.264 e. The number of phenolic OH excluding ortho intramolecular Hbond substituents is 3. The van der Waals surface area contributed by atoms with Crippen LogP contribution >= 0.6 is 0 Å². The van der Waals surface area contributed by atoms with Crippen LogP contribution in [-0.4, -0.2) is 183 Å². The zero-order chi connectivity index (χ0) is 102. The van der Waals surface area contributed by atoms with E-state index in [-0.39, 0.29) is 106 Å². The number of pyridine rings is 7. The maximum absolute atomic E-state index is 15.6. The lowest BCUT2D eigenvalue weighted by molar-refractivity contribution is -0.130. The molecular weight excluding hydrogens is 1830 g/mol. The molecule has 6 unspecified atom stereocenters. The summed E-state index contributed by atoms with van der Waals surface area (Å²) < 4.78 is 76.8. The number of aromatic hydroxyl groups is 3. The highest BCUT2D eigenvalue weighted by Crippen LogP contribution is 2.59. The number of amides is 3. The highest BCUT2D eigenvalue weighted by atomic mass is 19.1. The van der Waals surface area contributed by atoms with E-state index < -0.39 is 34.1 Å². The number of benzene rings is 7. The molecule has 6 aliphatic heterocycles. The first kappa shape index (κ1) is 98.4. The van der Waals surface area contributed by atoms with Crippen molar-refractivity contribution in [1.82, 2.24) is 48.3 Å². The van der Waals surface area contributed by atoms with Crippen LogP contribution in [0.1, 0.15) is 138 Å². The fraction of sp³-hybridized carbons (Fsp3) is 0.304. The monoisotopic (exact) mass is 1940 g/mol. The molecule has 7 aromatic heterocycles. The number of hydrogen-bond donors (Lipinski definition) is 3. The highest BCUT2D eigenvalue weighted by molar-refractivity contribution is 6.17. The minimum atomic E-state index is -0.727. The van der Waals surface area contributed by atoms with Gasteiger partial charge in [0.2, 0.25) is 17.7 Å². The molecule has 13 heterocycles. The Hall–Kier alpha value is -15.8. The number of hydrogen-bond acceptors (Lipinski definition) is 20. The van der Waals surface area contributed by atoms with Gasteiger partial charge in [-0.05, 0) is 206 Å². The van der Waals surface area contributed by atoms with Crippen molar-refractivity contribution in [2.45, 2.75) is 165 Å². The minimum absolute atomic E-state index is 0.000341. The lowest BCUT2D eigenvalue weighted by Gasteiger charge is -2.49. The SMILES string of the molecule is C=CC(=O)N1CC2COc3c(-c4ccccc4)c(-c4c(C)ccnc4C(C)C)c4c(=O)n(-c5c(O)cccc5F)c(C)cc4c3N2CC1C.C=CC(=O)N1CC2COc3c(-c4cccnc4)c(-c4c(C)ccnc4C(C)C)c4c(=O)n(-c5c(O)cccc5F)c(C)cc4c3N2CC1C.C=CC(=O)N1CC2COc3c(OCC)c(-c4c(C)ccnc4C(C)C)c4c(=O)n(-c5c(O)cccc5F)c(C)cc4c3N2CC1C. The fourth-order valence-electron chi connectivity index (χ4n) is 22.1. The average Bonchev–Trinajstić information content (AvgIpc) is 0.706. The van der Waals surface area contributed by atoms with Gasteiger partial charge in [-0.15, -0.1) is 0 Å². The number of anilines is 3. The number of phenols is 3. The van der Waals surface area contributed by atoms with Crippen molar-refractivity contribution < 1.29 is 61.8 Å². The third kappa shape index (κ3) is 16.7. The molecule has 0 radical (unpaired) electrons. The molecule has 29 heteroatoms. The molecular formula is C115H116F3N13O13. The Morgan fingerprint density at radius 3 is 1.06 bits per heavy atom. The standard InChI is InChI=1S/C40H39FN4O4.C39H38FN5O4.C36H39FN4O5/c1-7-31(47)43-20-27-21-49-39-33(26-12-9-8-10-13-26)35(32-23(4)16-17-42-36(32)22(2)3)34-28(37(39)44(27)19-25(43)6)18-24(5)45(40(34)48)38-29(41)14-11-15-30(38)46;1-7-30(47)43-19-26-20-49-38-32(25-10-9-14-41-17-25)34(31-22(4)13-15-42-35(31)21(2)3)33-27(36(38)44(26)18-24(43)6)16-23(5)45(39(33)48)37-28(40)11-8-12-29(37)46;1-8-27(43)39-17-23-18-46-35-32(40(23)16-22(39)7)24-15-21(6)41(33-25(37)11-10-12-26(33)42)36(44)29(24)30(34(35)45-9-2)28-20(5)13-14-38-31(28)19(3)4/h7-18,22,25,27,46H,1,19-21H2,2-6H3;7-17,21,24,26,46H,1,18-20H2,2-6H3;8,10-15,19,22-23,42H,1,9,16-18H2,2-7H3. The van der Waals surface area contributed by atoms with Crippen molar-refractivity contribution in [1.29, 1.82) is 0 Å². The van der Waals surface area contributed by atoms with Gasteiger partial charge < -0.3 is 63.7 Å². The van der Waals surface area contributed by atoms with Crippen LogP contribution in [0.2, 0.25) is 0 Å². The topological polar surface area (TPSA) is 286 Å². The Balaban J connectivity index is 0.000000142. The first-order valence-corrected chi connectivity index (χ1v) is 48.7. The summed E-state index contributed by atoms with van der Waals surface area (Å²) in [5.74, 6) is -1.48. The van der Waals surface area contributed by atoms with Crippen LogP contribution in [0.5, 0.6) is 40.2 Å². The van der Waals surface area contributed by atoms with Crippen LogP contribution in [0.15, 0.2) is 217 Å². The van der Waals surface area contributed by atoms with Crippen molar-refractivity contribution in [2.75, 3.05) is 80.4 Å². The van der Waals surface area contributed by atoms with Crippen molar-refractivity contribution in [3.05, 3.63) is 302 Å². The Bertz CT molecular complexity index is 7440. The van der Waals surface area contributed by atoms with E-state index in [1.165, 1.54) is 86.5 Å². The molecule has 6 atom stereocenters. The zero-order valence-electron chi connectivity index (χ0n) is 83.6. The summed E-state index contributed by atoms with van der Waals surface area (Å²) in [4.78, 5) is 115. The number of fused-ring (bicyclic) bond motifs is 15. The molecule has 0 bridgehead atoms. The van der Waals surface area contributed by atoms with Crippen LogP contribution in [0.4, 0.5) is 30.2 Å². The maximum Gasteiger partial charge on any atom is 0.264 e. The van der Waals surface area contributed by atoms with Crippen LogP contribution < -0.4 is 50.3 Å². The Labute approximate surface area is 832 Å². The van der Waals surface area contributed by atoms with Gasteiger partial charge in [0.05, 0.1) is 75.0 Å². The summed E-state index contributed by atoms with van der Waals surface area (Å²) in [6.45, 7) is 46.4. The lowest BCUT2D eigenvalue weighted by atomic mass is 9.83. The van der Waals surface area contributed by atoms with Crippen molar-refractivity contribution in [3.63, 3.8) is 0 Å². The van der Waals surface area contributed by atoms with Gasteiger partial charge in [-0.25, -0.2) is 13.2 Å². The molecule has 3 fully saturated rings. The summed E-state index contributed by atoms with van der Waals surface area (Å²) >= 11 is 0. The summed E-state index contributed by atoms with van der Waals surface area (Å²) in [6, 6.07) is 35.9. The van der Waals surface area contributed by atoms with Gasteiger partial charge in [0.25, 0.3) is 16.7 Å². The molecule has 14 aromatic rings. The van der Waals surface area contributed by atoms with Gasteiger partial charge in [0, 0.05) is 172 Å². The van der Waals surface area contributed by atoms with Crippen LogP contribution in [0.3, 0.4) is 0 Å². The van der Waals surface area contributed by atoms with Crippen molar-refractivity contribution in [2.24, 2.45) is 0 Å². The number of carbonyl (C=O) groups is 3. The van der Waals surface area contributed by atoms with E-state index in [0.717, 1.165) is 78.5 Å². The molecule has 20 rings (SSSR count). The second-order valence-corrected chi connectivity index (χ2v) is 38.9. The number of halogens is 3. The summed E-state index contributed by atoms with van der Waals surface area (Å²) in [7, 11) is 0. The zero-order valence-corrected chi connectivity index (χ0v) is 83.6. The highest BCUT2D eigenvalue weighted by Gasteiger charge is 2.47. The second kappa shape index (κ2) is 39.2. The van der Waals surface area contributed by atoms with Gasteiger partial charge in [-0.3, -0.25) is 62.4 Å². The third-order valence-electron chi connectivity index (χ3n) is 28.6. The number of carbonyl (C=O) groups excluding carboxylic acids is 3. The predicted octanol–water partition coefficient (Wildman–Crippen LogP) is 20.0. The van der Waals surface area contributed by atoms with Crippen molar-refractivity contribution in [3.8, 4) is 113 Å². The van der Waals surface area contributed by atoms with E-state index in [1.54, 1.807) is 61.6 Å². The van der Waals surface area contributed by atoms with E-state index in [4.69, 9.17) is 33.9 Å². The van der Waals surface area contributed by atoms with Crippen molar-refractivity contribution >= 4 is 67.1 Å². The summed E-state index contributed by atoms with van der Waals surface area (Å²) in [6.07, 6.45) is 12.7. The average molecular weight is 1950 g/mol. The molecule has 3 N–H and O–H groups in total. The molecule has 0 aliphatic carbocycles. The quantitative estimate of drug-likeness (QED) is 0.0758. The van der Waals surface area contributed by atoms with Gasteiger partial charge in [0.15, 0.2) is 40.4 Å². The molecule has 0 saturated carbocycles. The fourth-order valence-corrected chi connectivity index (χ4v) is 22.1. The summed E-state index contributed by atoms with van der Waals surface area (Å²) in [5.41, 5.74) is 13.6. The van der Waals surface area contributed by atoms with Gasteiger partial charge in [0.1, 0.15) is 54.1 Å². The number of aryl methyl sites for hydroxylation is 6. The first-order valence-electron chi connectivity index (χ1n) is 48.7. The Morgan fingerprint density at radius 1 is 0.410 bits per heavy atom. The van der Waals surface area contributed by atoms with Gasteiger partial charge in [-0.1, -0.05) is 116 Å². The second-order valence-electron chi connectivity index (χ2n) is 38.9. The van der Waals surface area contributed by atoms with E-state index in [1.807, 2.05) is 146 Å². The van der Waals surface area contributed by atoms with E-state index in [2.05, 4.69) is 67.1 Å². The number of ether oxygens (including phenoxy) is 4. The summed E-state index contributed by atoms with van der Waals surface area (Å²) in [5, 5.41) is 35.6. The molecule has 740 valence electrons. The molecule has 6 aliphatic rings. The lowest BCUT2D eigenvalue weighted by Crippen LogP contribution is -2.61. The minimum Gasteiger partial charge on any atom is -0.506 e. The number of aromatic nitrogens is 7.